The molecule has 4 atom stereocenters. The van der Waals surface area contributed by atoms with Gasteiger partial charge in [-0.1, -0.05) is 26.7 Å². The highest BCUT2D eigenvalue weighted by atomic mass is 16.5. The molecule has 0 amide bonds. The fourth-order valence-electron chi connectivity index (χ4n) is 1.91. The lowest BCUT2D eigenvalue weighted by molar-refractivity contribution is -0.177. The molecule has 0 radical (unpaired) electrons. The van der Waals surface area contributed by atoms with Crippen molar-refractivity contribution in [3.8, 4) is 0 Å². The number of carbonyl (C=O) groups is 1. The number of rotatable bonds is 3. The van der Waals surface area contributed by atoms with Crippen molar-refractivity contribution in [3.05, 3.63) is 0 Å². The smallest absolute Gasteiger partial charge is 0.311 e. The van der Waals surface area contributed by atoms with Crippen molar-refractivity contribution in [2.24, 2.45) is 11.8 Å². The molecule has 0 aliphatic carbocycles. The van der Waals surface area contributed by atoms with Crippen molar-refractivity contribution in [3.63, 3.8) is 0 Å². The van der Waals surface area contributed by atoms with Crippen LogP contribution < -0.4 is 0 Å². The summed E-state index contributed by atoms with van der Waals surface area (Å²) in [6, 6.07) is 0. The minimum Gasteiger partial charge on any atom is -0.462 e. The summed E-state index contributed by atoms with van der Waals surface area (Å²) in [5.74, 6) is -0.561. The van der Waals surface area contributed by atoms with Gasteiger partial charge in [-0.15, -0.1) is 0 Å². The summed E-state index contributed by atoms with van der Waals surface area (Å²) < 4.78 is 5.28. The van der Waals surface area contributed by atoms with Crippen LogP contribution in [0, 0.1) is 11.8 Å². The first-order chi connectivity index (χ1) is 6.57. The van der Waals surface area contributed by atoms with E-state index in [1.807, 2.05) is 6.92 Å². The maximum Gasteiger partial charge on any atom is 0.311 e. The zero-order valence-corrected chi connectivity index (χ0v) is 9.19. The van der Waals surface area contributed by atoms with Crippen molar-refractivity contribution in [1.29, 1.82) is 0 Å². The first-order valence-corrected chi connectivity index (χ1v) is 5.46. The summed E-state index contributed by atoms with van der Waals surface area (Å²) in [4.78, 5) is 11.3. The predicted molar refractivity (Wildman–Crippen MR) is 53.7 cm³/mol. The van der Waals surface area contributed by atoms with Gasteiger partial charge in [0.2, 0.25) is 0 Å². The zero-order chi connectivity index (χ0) is 10.7. The average Bonchev–Trinajstić information content (AvgIpc) is 2.18. The van der Waals surface area contributed by atoms with Gasteiger partial charge in [0.1, 0.15) is 6.10 Å². The van der Waals surface area contributed by atoms with Gasteiger partial charge in [0.25, 0.3) is 0 Å². The van der Waals surface area contributed by atoms with Gasteiger partial charge in [0.15, 0.2) is 0 Å². The third kappa shape index (κ3) is 2.27. The van der Waals surface area contributed by atoms with Gasteiger partial charge >= 0.3 is 5.97 Å². The largest absolute Gasteiger partial charge is 0.462 e. The lowest BCUT2D eigenvalue weighted by atomic mass is 9.84. The molecule has 14 heavy (non-hydrogen) atoms. The second kappa shape index (κ2) is 4.78. The molecule has 0 aromatic rings. The molecule has 0 bridgehead atoms. The summed E-state index contributed by atoms with van der Waals surface area (Å²) in [5, 5.41) is 9.79. The van der Waals surface area contributed by atoms with Crippen LogP contribution in [0.5, 0.6) is 0 Å². The van der Waals surface area contributed by atoms with E-state index < -0.39 is 6.10 Å². The number of hydrogen-bond donors (Lipinski definition) is 1. The van der Waals surface area contributed by atoms with Gasteiger partial charge in [-0.05, 0) is 13.3 Å². The number of cyclic esters (lactones) is 1. The summed E-state index contributed by atoms with van der Waals surface area (Å²) in [6.07, 6.45) is 2.37. The highest BCUT2D eigenvalue weighted by Gasteiger charge is 2.39. The number of aliphatic hydroxyl groups excluding tert-OH is 1. The van der Waals surface area contributed by atoms with E-state index in [0.29, 0.717) is 0 Å². The summed E-state index contributed by atoms with van der Waals surface area (Å²) in [7, 11) is 0. The Balaban J connectivity index is 2.56. The minimum absolute atomic E-state index is 0.0641. The fraction of sp³-hybridized carbons (Fsp3) is 0.909. The molecule has 1 saturated heterocycles. The molecular weight excluding hydrogens is 180 g/mol. The Labute approximate surface area is 85.5 Å². The second-order valence-corrected chi connectivity index (χ2v) is 4.26. The van der Waals surface area contributed by atoms with Gasteiger partial charge in [-0.25, -0.2) is 0 Å². The standard InChI is InChI=1S/C11H20O3/c1-4-5-6-9-7(2)10(12)8(3)11(13)14-9/h7-10,12H,4-6H2,1-3H3/t7-,8+,9+,10-/m0/s1. The molecule has 0 spiro atoms. The van der Waals surface area contributed by atoms with Crippen molar-refractivity contribution in [2.45, 2.75) is 52.2 Å². The quantitative estimate of drug-likeness (QED) is 0.706. The molecule has 1 aliphatic rings. The van der Waals surface area contributed by atoms with Crippen LogP contribution in [0.25, 0.3) is 0 Å². The van der Waals surface area contributed by atoms with E-state index in [-0.39, 0.29) is 23.9 Å². The van der Waals surface area contributed by atoms with Crippen LogP contribution in [0.1, 0.15) is 40.0 Å². The lowest BCUT2D eigenvalue weighted by Gasteiger charge is -2.36. The first kappa shape index (κ1) is 11.5. The van der Waals surface area contributed by atoms with E-state index in [9.17, 15) is 9.90 Å². The Morgan fingerprint density at radius 2 is 2.07 bits per heavy atom. The molecule has 0 saturated carbocycles. The Bertz CT molecular complexity index is 203. The van der Waals surface area contributed by atoms with Crippen molar-refractivity contribution >= 4 is 5.97 Å². The first-order valence-electron chi connectivity index (χ1n) is 5.46. The Morgan fingerprint density at radius 1 is 1.43 bits per heavy atom. The lowest BCUT2D eigenvalue weighted by Crippen LogP contribution is -2.46. The van der Waals surface area contributed by atoms with Crippen LogP contribution in [0.15, 0.2) is 0 Å². The van der Waals surface area contributed by atoms with E-state index in [1.54, 1.807) is 6.92 Å². The monoisotopic (exact) mass is 200 g/mol. The van der Waals surface area contributed by atoms with E-state index in [1.165, 1.54) is 0 Å². The molecule has 1 aliphatic heterocycles. The Hall–Kier alpha value is -0.570. The molecule has 1 N–H and O–H groups in total. The predicted octanol–water partition coefficient (Wildman–Crippen LogP) is 1.74. The van der Waals surface area contributed by atoms with Crippen LogP contribution in [-0.4, -0.2) is 23.3 Å². The van der Waals surface area contributed by atoms with Gasteiger partial charge in [-0.3, -0.25) is 4.79 Å². The van der Waals surface area contributed by atoms with Crippen LogP contribution in [-0.2, 0) is 9.53 Å². The number of hydrogen-bond acceptors (Lipinski definition) is 3. The van der Waals surface area contributed by atoms with E-state index >= 15 is 0 Å². The van der Waals surface area contributed by atoms with Crippen molar-refractivity contribution < 1.29 is 14.6 Å². The number of unbranched alkanes of at least 4 members (excludes halogenated alkanes) is 1. The SMILES string of the molecule is CCCC[C@H]1OC(=O)[C@H](C)[C@@H](O)[C@H]1C. The minimum atomic E-state index is -0.543. The highest BCUT2D eigenvalue weighted by Crippen LogP contribution is 2.28. The van der Waals surface area contributed by atoms with Gasteiger partial charge in [0, 0.05) is 5.92 Å². The Morgan fingerprint density at radius 3 is 2.64 bits per heavy atom. The topological polar surface area (TPSA) is 46.5 Å². The molecule has 3 nitrogen and oxygen atoms in total. The third-order valence-electron chi connectivity index (χ3n) is 3.12. The molecular formula is C11H20O3. The Kier molecular flexibility index (Phi) is 3.93. The maximum atomic E-state index is 11.3. The van der Waals surface area contributed by atoms with Crippen LogP contribution in [0.2, 0.25) is 0 Å². The molecule has 1 rings (SSSR count). The van der Waals surface area contributed by atoms with Crippen molar-refractivity contribution in [1.82, 2.24) is 0 Å². The van der Waals surface area contributed by atoms with Crippen molar-refractivity contribution in [2.75, 3.05) is 0 Å². The maximum absolute atomic E-state index is 11.3. The molecule has 0 unspecified atom stereocenters. The second-order valence-electron chi connectivity index (χ2n) is 4.26. The van der Waals surface area contributed by atoms with Crippen LogP contribution in [0.3, 0.4) is 0 Å². The molecule has 0 aromatic heterocycles. The molecule has 82 valence electrons. The average molecular weight is 200 g/mol. The zero-order valence-electron chi connectivity index (χ0n) is 9.19. The summed E-state index contributed by atoms with van der Waals surface area (Å²) in [5.41, 5.74) is 0. The van der Waals surface area contributed by atoms with E-state index in [2.05, 4.69) is 6.92 Å². The van der Waals surface area contributed by atoms with E-state index in [0.717, 1.165) is 19.3 Å². The highest BCUT2D eigenvalue weighted by molar-refractivity contribution is 5.73. The fourth-order valence-corrected chi connectivity index (χ4v) is 1.91. The summed E-state index contributed by atoms with van der Waals surface area (Å²) >= 11 is 0. The van der Waals surface area contributed by atoms with Crippen LogP contribution >= 0.6 is 0 Å². The van der Waals surface area contributed by atoms with E-state index in [4.69, 9.17) is 4.74 Å². The number of aliphatic hydroxyl groups is 1. The van der Waals surface area contributed by atoms with Gasteiger partial charge in [-0.2, -0.15) is 0 Å². The normalized spacial score (nSPS) is 38.1. The third-order valence-corrected chi connectivity index (χ3v) is 3.12. The molecule has 1 heterocycles. The molecule has 1 fully saturated rings. The molecule has 3 heteroatoms. The number of carbonyl (C=O) groups excluding carboxylic acids is 1. The number of esters is 1. The van der Waals surface area contributed by atoms with Gasteiger partial charge < -0.3 is 9.84 Å². The molecule has 0 aromatic carbocycles. The van der Waals surface area contributed by atoms with Crippen LogP contribution in [0.4, 0.5) is 0 Å². The number of ether oxygens (including phenoxy) is 1. The van der Waals surface area contributed by atoms with Gasteiger partial charge in [0.05, 0.1) is 12.0 Å². The summed E-state index contributed by atoms with van der Waals surface area (Å²) in [6.45, 7) is 5.78.